The Labute approximate surface area is 111 Å². The molecule has 0 saturated carbocycles. The topological polar surface area (TPSA) is 44.1 Å². The first-order valence-corrected chi connectivity index (χ1v) is 7.45. The van der Waals surface area contributed by atoms with Gasteiger partial charge in [-0.15, -0.1) is 0 Å². The number of hydrogen-bond donors (Lipinski definition) is 0. The Morgan fingerprint density at radius 2 is 1.78 bits per heavy atom. The Bertz CT molecular complexity index is 275. The summed E-state index contributed by atoms with van der Waals surface area (Å²) in [5, 5.41) is 8.81. The first-order chi connectivity index (χ1) is 8.77. The molecule has 0 atom stereocenters. The van der Waals surface area contributed by atoms with E-state index in [1.54, 1.807) is 0 Å². The van der Waals surface area contributed by atoms with Gasteiger partial charge in [-0.2, -0.15) is 5.26 Å². The lowest BCUT2D eigenvalue weighted by atomic mass is 9.98. The number of hydrogen-bond acceptors (Lipinski definition) is 2. The Morgan fingerprint density at radius 3 is 2.39 bits per heavy atom. The zero-order valence-corrected chi connectivity index (χ0v) is 11.7. The minimum absolute atomic E-state index is 0.170. The third-order valence-electron chi connectivity index (χ3n) is 3.77. The van der Waals surface area contributed by atoms with E-state index < -0.39 is 0 Å². The van der Waals surface area contributed by atoms with Crippen molar-refractivity contribution in [2.75, 3.05) is 13.1 Å². The monoisotopic (exact) mass is 250 g/mol. The van der Waals surface area contributed by atoms with E-state index in [0.29, 0.717) is 12.3 Å². The van der Waals surface area contributed by atoms with Crippen LogP contribution >= 0.6 is 0 Å². The van der Waals surface area contributed by atoms with Crippen LogP contribution in [0, 0.1) is 17.2 Å². The van der Waals surface area contributed by atoms with Crippen molar-refractivity contribution in [1.82, 2.24) is 4.90 Å². The average Bonchev–Trinajstić information content (AvgIpc) is 2.42. The van der Waals surface area contributed by atoms with Crippen LogP contribution in [0.2, 0.25) is 0 Å². The van der Waals surface area contributed by atoms with Gasteiger partial charge in [0.25, 0.3) is 0 Å². The predicted octanol–water partition coefficient (Wildman–Crippen LogP) is 3.50. The van der Waals surface area contributed by atoms with E-state index in [2.05, 4.69) is 13.0 Å². The summed E-state index contributed by atoms with van der Waals surface area (Å²) in [5.41, 5.74) is 0. The lowest BCUT2D eigenvalue weighted by molar-refractivity contribution is -0.132. The van der Waals surface area contributed by atoms with E-state index in [9.17, 15) is 4.79 Å². The molecular weight excluding hydrogens is 224 g/mol. The molecule has 3 nitrogen and oxygen atoms in total. The third kappa shape index (κ3) is 5.53. The summed E-state index contributed by atoms with van der Waals surface area (Å²) in [7, 11) is 0. The Balaban J connectivity index is 2.05. The minimum Gasteiger partial charge on any atom is -0.343 e. The van der Waals surface area contributed by atoms with Crippen molar-refractivity contribution in [3.63, 3.8) is 0 Å². The number of amides is 1. The van der Waals surface area contributed by atoms with Crippen LogP contribution in [0.5, 0.6) is 0 Å². The van der Waals surface area contributed by atoms with Crippen LogP contribution < -0.4 is 0 Å². The molecule has 0 spiro atoms. The van der Waals surface area contributed by atoms with E-state index in [-0.39, 0.29) is 5.92 Å². The molecule has 0 aromatic rings. The summed E-state index contributed by atoms with van der Waals surface area (Å²) in [6.45, 7) is 3.79. The van der Waals surface area contributed by atoms with Gasteiger partial charge in [0.1, 0.15) is 0 Å². The van der Waals surface area contributed by atoms with Crippen LogP contribution in [0.25, 0.3) is 0 Å². The number of unbranched alkanes of at least 4 members (excludes halogenated alkanes) is 5. The fraction of sp³-hybridized carbons (Fsp3) is 0.867. The molecule has 18 heavy (non-hydrogen) atoms. The van der Waals surface area contributed by atoms with Crippen LogP contribution in [0.1, 0.15) is 64.7 Å². The van der Waals surface area contributed by atoms with Crippen molar-refractivity contribution < 1.29 is 4.79 Å². The molecule has 0 bridgehead atoms. The molecule has 1 saturated heterocycles. The molecule has 1 amide bonds. The number of likely N-dealkylation sites (tertiary alicyclic amines) is 1. The molecule has 1 heterocycles. The molecule has 3 heteroatoms. The zero-order chi connectivity index (χ0) is 13.2. The quantitative estimate of drug-likeness (QED) is 0.649. The van der Waals surface area contributed by atoms with Gasteiger partial charge in [-0.1, -0.05) is 39.0 Å². The highest BCUT2D eigenvalue weighted by Gasteiger charge is 2.21. The fourth-order valence-corrected chi connectivity index (χ4v) is 2.47. The summed E-state index contributed by atoms with van der Waals surface area (Å²) in [6.07, 6.45) is 9.78. The Morgan fingerprint density at radius 1 is 1.17 bits per heavy atom. The second-order valence-electron chi connectivity index (χ2n) is 5.30. The van der Waals surface area contributed by atoms with Gasteiger partial charge < -0.3 is 4.90 Å². The molecule has 1 aliphatic rings. The molecular formula is C15H26N2O. The number of carbonyl (C=O) groups is 1. The standard InChI is InChI=1S/C15H26N2O/c1-2-3-4-5-6-7-8-15(18)17-11-9-14(13-16)10-12-17/h14H,2-12H2,1H3. The fourth-order valence-electron chi connectivity index (χ4n) is 2.47. The maximum Gasteiger partial charge on any atom is 0.222 e. The van der Waals surface area contributed by atoms with Gasteiger partial charge in [-0.25, -0.2) is 0 Å². The van der Waals surface area contributed by atoms with Gasteiger partial charge in [-0.3, -0.25) is 4.79 Å². The smallest absolute Gasteiger partial charge is 0.222 e. The van der Waals surface area contributed by atoms with Crippen molar-refractivity contribution >= 4 is 5.91 Å². The van der Waals surface area contributed by atoms with Gasteiger partial charge in [0, 0.05) is 25.4 Å². The number of nitrogens with zero attached hydrogens (tertiary/aromatic N) is 2. The van der Waals surface area contributed by atoms with E-state index in [4.69, 9.17) is 5.26 Å². The van der Waals surface area contributed by atoms with Crippen molar-refractivity contribution in [3.8, 4) is 6.07 Å². The lowest BCUT2D eigenvalue weighted by Crippen LogP contribution is -2.38. The van der Waals surface area contributed by atoms with Crippen molar-refractivity contribution in [2.45, 2.75) is 64.7 Å². The zero-order valence-electron chi connectivity index (χ0n) is 11.7. The van der Waals surface area contributed by atoms with Crippen LogP contribution in [0.3, 0.4) is 0 Å². The molecule has 0 aliphatic carbocycles. The summed E-state index contributed by atoms with van der Waals surface area (Å²) in [6, 6.07) is 2.30. The molecule has 0 aromatic carbocycles. The molecule has 0 radical (unpaired) electrons. The average molecular weight is 250 g/mol. The highest BCUT2D eigenvalue weighted by molar-refractivity contribution is 5.76. The van der Waals surface area contributed by atoms with E-state index in [0.717, 1.165) is 32.4 Å². The van der Waals surface area contributed by atoms with Crippen molar-refractivity contribution in [1.29, 1.82) is 5.26 Å². The maximum absolute atomic E-state index is 11.9. The first-order valence-electron chi connectivity index (χ1n) is 7.45. The van der Waals surface area contributed by atoms with Gasteiger partial charge >= 0.3 is 0 Å². The lowest BCUT2D eigenvalue weighted by Gasteiger charge is -2.29. The number of carbonyl (C=O) groups excluding carboxylic acids is 1. The predicted molar refractivity (Wildman–Crippen MR) is 72.9 cm³/mol. The normalized spacial score (nSPS) is 16.6. The van der Waals surface area contributed by atoms with Gasteiger partial charge in [0.05, 0.1) is 6.07 Å². The summed E-state index contributed by atoms with van der Waals surface area (Å²) < 4.78 is 0. The first kappa shape index (κ1) is 15.0. The van der Waals surface area contributed by atoms with E-state index in [1.165, 1.54) is 32.1 Å². The molecule has 0 aromatic heterocycles. The summed E-state index contributed by atoms with van der Waals surface area (Å²) in [5.74, 6) is 0.463. The SMILES string of the molecule is CCCCCCCCC(=O)N1CCC(C#N)CC1. The van der Waals surface area contributed by atoms with Crippen molar-refractivity contribution in [3.05, 3.63) is 0 Å². The summed E-state index contributed by atoms with van der Waals surface area (Å²) >= 11 is 0. The largest absolute Gasteiger partial charge is 0.343 e. The van der Waals surface area contributed by atoms with Crippen LogP contribution in [0.15, 0.2) is 0 Å². The van der Waals surface area contributed by atoms with Gasteiger partial charge in [0.2, 0.25) is 5.91 Å². The third-order valence-corrected chi connectivity index (χ3v) is 3.77. The van der Waals surface area contributed by atoms with Crippen LogP contribution in [-0.2, 0) is 4.79 Å². The van der Waals surface area contributed by atoms with Crippen molar-refractivity contribution in [2.24, 2.45) is 5.92 Å². The minimum atomic E-state index is 0.170. The van der Waals surface area contributed by atoms with Gasteiger partial charge in [-0.05, 0) is 19.3 Å². The molecule has 0 unspecified atom stereocenters. The molecule has 102 valence electrons. The molecule has 1 rings (SSSR count). The number of rotatable bonds is 7. The highest BCUT2D eigenvalue weighted by atomic mass is 16.2. The maximum atomic E-state index is 11.9. The van der Waals surface area contributed by atoms with E-state index in [1.807, 2.05) is 4.90 Å². The molecule has 0 N–H and O–H groups in total. The van der Waals surface area contributed by atoms with E-state index >= 15 is 0 Å². The van der Waals surface area contributed by atoms with Crippen LogP contribution in [0.4, 0.5) is 0 Å². The van der Waals surface area contributed by atoms with Gasteiger partial charge in [0.15, 0.2) is 0 Å². The number of nitriles is 1. The van der Waals surface area contributed by atoms with Crippen LogP contribution in [-0.4, -0.2) is 23.9 Å². The molecule has 1 aliphatic heterocycles. The second-order valence-corrected chi connectivity index (χ2v) is 5.30. The second kappa shape index (κ2) is 8.97. The summed E-state index contributed by atoms with van der Waals surface area (Å²) in [4.78, 5) is 13.9. The highest BCUT2D eigenvalue weighted by Crippen LogP contribution is 2.17. The Kier molecular flexibility index (Phi) is 7.48. The Hall–Kier alpha value is -1.04. The molecule has 1 fully saturated rings. The number of piperidine rings is 1.